The monoisotopic (exact) mass is 212 g/mol. The van der Waals surface area contributed by atoms with Crippen LogP contribution in [0.3, 0.4) is 0 Å². The third kappa shape index (κ3) is 2.60. The number of ether oxygens (including phenoxy) is 1. The van der Waals surface area contributed by atoms with Crippen molar-refractivity contribution >= 4 is 5.78 Å². The lowest BCUT2D eigenvalue weighted by Gasteiger charge is -2.40. The summed E-state index contributed by atoms with van der Waals surface area (Å²) in [6.07, 6.45) is 5.05. The van der Waals surface area contributed by atoms with E-state index in [2.05, 4.69) is 20.8 Å². The second kappa shape index (κ2) is 5.11. The lowest BCUT2D eigenvalue weighted by molar-refractivity contribution is -0.153. The van der Waals surface area contributed by atoms with E-state index in [0.717, 1.165) is 19.3 Å². The number of methoxy groups -OCH3 is 1. The second-order valence-corrected chi connectivity index (χ2v) is 5.26. The Morgan fingerprint density at radius 3 is 2.60 bits per heavy atom. The van der Waals surface area contributed by atoms with Gasteiger partial charge in [-0.15, -0.1) is 0 Å². The summed E-state index contributed by atoms with van der Waals surface area (Å²) >= 11 is 0. The Balaban J connectivity index is 2.77. The van der Waals surface area contributed by atoms with Crippen LogP contribution in [-0.2, 0) is 9.53 Å². The molecule has 15 heavy (non-hydrogen) atoms. The van der Waals surface area contributed by atoms with E-state index in [-0.39, 0.29) is 0 Å². The van der Waals surface area contributed by atoms with Gasteiger partial charge in [0.1, 0.15) is 5.60 Å². The summed E-state index contributed by atoms with van der Waals surface area (Å²) in [5.41, 5.74) is -0.470. The highest BCUT2D eigenvalue weighted by Gasteiger charge is 2.44. The van der Waals surface area contributed by atoms with Crippen LogP contribution in [0.15, 0.2) is 0 Å². The van der Waals surface area contributed by atoms with Crippen LogP contribution in [-0.4, -0.2) is 18.5 Å². The van der Waals surface area contributed by atoms with E-state index in [4.69, 9.17) is 4.74 Å². The number of hydrogen-bond donors (Lipinski definition) is 0. The highest BCUT2D eigenvalue weighted by atomic mass is 16.5. The molecule has 0 bridgehead atoms. The summed E-state index contributed by atoms with van der Waals surface area (Å²) < 4.78 is 5.60. The van der Waals surface area contributed by atoms with Crippen LogP contribution in [0.1, 0.15) is 52.9 Å². The molecule has 2 heteroatoms. The molecule has 0 radical (unpaired) electrons. The highest BCUT2D eigenvalue weighted by Crippen LogP contribution is 2.38. The zero-order valence-electron chi connectivity index (χ0n) is 10.5. The maximum Gasteiger partial charge on any atom is 0.165 e. The molecule has 0 spiro atoms. The first-order valence-corrected chi connectivity index (χ1v) is 6.11. The highest BCUT2D eigenvalue weighted by molar-refractivity contribution is 5.88. The molecule has 2 unspecified atom stereocenters. The molecule has 88 valence electrons. The molecule has 0 amide bonds. The predicted octanol–water partition coefficient (Wildman–Crippen LogP) is 3.20. The first kappa shape index (κ1) is 12.7. The van der Waals surface area contributed by atoms with Crippen molar-refractivity contribution in [1.29, 1.82) is 0 Å². The molecule has 0 aromatic rings. The van der Waals surface area contributed by atoms with Crippen molar-refractivity contribution in [2.45, 2.75) is 58.5 Å². The van der Waals surface area contributed by atoms with Crippen molar-refractivity contribution in [2.24, 2.45) is 11.8 Å². The summed E-state index contributed by atoms with van der Waals surface area (Å²) in [7, 11) is 1.69. The summed E-state index contributed by atoms with van der Waals surface area (Å²) in [5.74, 6) is 1.12. The Kier molecular flexibility index (Phi) is 4.32. The third-order valence-electron chi connectivity index (χ3n) is 3.66. The fourth-order valence-corrected chi connectivity index (χ4v) is 2.69. The van der Waals surface area contributed by atoms with Crippen LogP contribution in [0, 0.1) is 11.8 Å². The van der Waals surface area contributed by atoms with Gasteiger partial charge in [-0.2, -0.15) is 0 Å². The Labute approximate surface area is 93.4 Å². The smallest absolute Gasteiger partial charge is 0.165 e. The number of Topliss-reactive ketones (excluding diaryl/α,β-unsaturated/α-hetero) is 1. The van der Waals surface area contributed by atoms with Gasteiger partial charge >= 0.3 is 0 Å². The fourth-order valence-electron chi connectivity index (χ4n) is 2.69. The molecule has 1 saturated carbocycles. The molecule has 1 aliphatic rings. The first-order chi connectivity index (χ1) is 7.03. The molecule has 1 fully saturated rings. The molecular formula is C13H24O2. The van der Waals surface area contributed by atoms with Gasteiger partial charge in [-0.3, -0.25) is 4.79 Å². The average molecular weight is 212 g/mol. The molecule has 0 aromatic heterocycles. The van der Waals surface area contributed by atoms with Gasteiger partial charge < -0.3 is 4.74 Å². The van der Waals surface area contributed by atoms with Gasteiger partial charge in [-0.05, 0) is 24.7 Å². The minimum Gasteiger partial charge on any atom is -0.370 e. The average Bonchev–Trinajstić information content (AvgIpc) is 2.17. The van der Waals surface area contributed by atoms with Gasteiger partial charge in [0.05, 0.1) is 0 Å². The minimum atomic E-state index is -0.470. The molecule has 2 nitrogen and oxygen atoms in total. The normalized spacial score (nSPS) is 31.9. The van der Waals surface area contributed by atoms with Crippen LogP contribution in [0.25, 0.3) is 0 Å². The first-order valence-electron chi connectivity index (χ1n) is 6.11. The number of rotatable bonds is 4. The van der Waals surface area contributed by atoms with Gasteiger partial charge in [0.25, 0.3) is 0 Å². The predicted molar refractivity (Wildman–Crippen MR) is 61.8 cm³/mol. The summed E-state index contributed by atoms with van der Waals surface area (Å²) in [6, 6.07) is 0. The van der Waals surface area contributed by atoms with E-state index in [1.807, 2.05) is 0 Å². The Morgan fingerprint density at radius 1 is 1.47 bits per heavy atom. The van der Waals surface area contributed by atoms with E-state index >= 15 is 0 Å². The topological polar surface area (TPSA) is 26.3 Å². The van der Waals surface area contributed by atoms with Crippen molar-refractivity contribution in [3.05, 3.63) is 0 Å². The molecule has 0 saturated heterocycles. The summed E-state index contributed by atoms with van der Waals surface area (Å²) in [4.78, 5) is 12.2. The molecule has 1 aliphatic carbocycles. The van der Waals surface area contributed by atoms with Crippen LogP contribution in [0.4, 0.5) is 0 Å². The standard InChI is InChI=1S/C13H24O2/c1-10(2)9-12(14)13(15-4)8-6-5-7-11(13)3/h10-11H,5-9H2,1-4H3. The van der Waals surface area contributed by atoms with E-state index in [1.54, 1.807) is 7.11 Å². The lowest BCUT2D eigenvalue weighted by Crippen LogP contribution is -2.48. The number of carbonyl (C=O) groups excluding carboxylic acids is 1. The van der Waals surface area contributed by atoms with Gasteiger partial charge in [0.15, 0.2) is 5.78 Å². The van der Waals surface area contributed by atoms with E-state index in [9.17, 15) is 4.79 Å². The van der Waals surface area contributed by atoms with Crippen LogP contribution >= 0.6 is 0 Å². The molecule has 0 heterocycles. The molecule has 1 rings (SSSR count). The summed E-state index contributed by atoms with van der Waals surface area (Å²) in [6.45, 7) is 6.34. The number of ketones is 1. The lowest BCUT2D eigenvalue weighted by atomic mass is 9.72. The van der Waals surface area contributed by atoms with E-state index in [1.165, 1.54) is 6.42 Å². The Bertz CT molecular complexity index is 223. The van der Waals surface area contributed by atoms with Crippen LogP contribution < -0.4 is 0 Å². The maximum atomic E-state index is 12.2. The van der Waals surface area contributed by atoms with Gasteiger partial charge in [0.2, 0.25) is 0 Å². The minimum absolute atomic E-state index is 0.312. The molecule has 2 atom stereocenters. The zero-order chi connectivity index (χ0) is 11.5. The number of carbonyl (C=O) groups is 1. The van der Waals surface area contributed by atoms with Crippen molar-refractivity contribution in [3.63, 3.8) is 0 Å². The Hall–Kier alpha value is -0.370. The van der Waals surface area contributed by atoms with Crippen LogP contribution in [0.2, 0.25) is 0 Å². The van der Waals surface area contributed by atoms with Crippen molar-refractivity contribution in [2.75, 3.05) is 7.11 Å². The molecular weight excluding hydrogens is 188 g/mol. The number of hydrogen-bond acceptors (Lipinski definition) is 2. The van der Waals surface area contributed by atoms with E-state index in [0.29, 0.717) is 24.0 Å². The van der Waals surface area contributed by atoms with Crippen molar-refractivity contribution < 1.29 is 9.53 Å². The van der Waals surface area contributed by atoms with Crippen molar-refractivity contribution in [3.8, 4) is 0 Å². The van der Waals surface area contributed by atoms with Gasteiger partial charge in [-0.25, -0.2) is 0 Å². The largest absolute Gasteiger partial charge is 0.370 e. The van der Waals surface area contributed by atoms with Gasteiger partial charge in [-0.1, -0.05) is 33.6 Å². The Morgan fingerprint density at radius 2 is 2.13 bits per heavy atom. The third-order valence-corrected chi connectivity index (χ3v) is 3.66. The van der Waals surface area contributed by atoms with Gasteiger partial charge in [0, 0.05) is 13.5 Å². The van der Waals surface area contributed by atoms with Crippen LogP contribution in [0.5, 0.6) is 0 Å². The fraction of sp³-hybridized carbons (Fsp3) is 0.923. The molecule has 0 aromatic carbocycles. The molecule has 0 aliphatic heterocycles. The molecule has 0 N–H and O–H groups in total. The maximum absolute atomic E-state index is 12.2. The quantitative estimate of drug-likeness (QED) is 0.715. The zero-order valence-corrected chi connectivity index (χ0v) is 10.5. The second-order valence-electron chi connectivity index (χ2n) is 5.26. The summed E-state index contributed by atoms with van der Waals surface area (Å²) in [5, 5.41) is 0. The van der Waals surface area contributed by atoms with E-state index < -0.39 is 5.60 Å². The SMILES string of the molecule is COC1(C(=O)CC(C)C)CCCCC1C. The van der Waals surface area contributed by atoms with Crippen molar-refractivity contribution in [1.82, 2.24) is 0 Å².